The van der Waals surface area contributed by atoms with Crippen molar-refractivity contribution in [1.29, 1.82) is 5.26 Å². The molecule has 1 atom stereocenters. The number of rotatable bonds is 3. The molecule has 0 saturated heterocycles. The van der Waals surface area contributed by atoms with Crippen LogP contribution in [0.4, 0.5) is 13.2 Å². The number of carbonyl (C=O) groups excluding carboxylic acids is 1. The first-order valence-corrected chi connectivity index (χ1v) is 9.41. The molecule has 0 unspecified atom stereocenters. The van der Waals surface area contributed by atoms with Crippen LogP contribution in [0.1, 0.15) is 46.1 Å². The normalized spacial score (nSPS) is 15.9. The molecule has 3 aromatic rings. The van der Waals surface area contributed by atoms with Crippen molar-refractivity contribution >= 4 is 5.91 Å². The predicted molar refractivity (Wildman–Crippen MR) is 103 cm³/mol. The standard InChI is InChI=1S/C22H17F3N4O/c23-22(24,25)17-7-2-5-15(11-17)19-12-20-18(8-3-9-29(20)28-19)27-21(30)16-6-1-4-14(10-16)13-26/h1-2,4-7,10-12,18H,3,8-9H2,(H,27,30)/t18-/m0/s1. The maximum atomic E-state index is 13.0. The average molecular weight is 410 g/mol. The summed E-state index contributed by atoms with van der Waals surface area (Å²) in [6.07, 6.45) is -2.96. The Kier molecular flexibility index (Phi) is 5.04. The van der Waals surface area contributed by atoms with Crippen molar-refractivity contribution in [2.45, 2.75) is 31.6 Å². The molecule has 0 saturated carbocycles. The van der Waals surface area contributed by atoms with Gasteiger partial charge in [-0.05, 0) is 49.2 Å². The highest BCUT2D eigenvalue weighted by Crippen LogP contribution is 2.34. The number of benzene rings is 2. The number of nitrogens with one attached hydrogen (secondary N) is 1. The van der Waals surface area contributed by atoms with Crippen molar-refractivity contribution in [3.63, 3.8) is 0 Å². The van der Waals surface area contributed by atoms with E-state index in [1.54, 1.807) is 35.0 Å². The molecule has 0 radical (unpaired) electrons. The van der Waals surface area contributed by atoms with Crippen molar-refractivity contribution in [3.05, 3.63) is 77.0 Å². The number of nitriles is 1. The first-order valence-electron chi connectivity index (χ1n) is 9.41. The van der Waals surface area contributed by atoms with Crippen LogP contribution in [0.25, 0.3) is 11.3 Å². The Morgan fingerprint density at radius 3 is 2.73 bits per heavy atom. The van der Waals surface area contributed by atoms with Crippen molar-refractivity contribution in [2.75, 3.05) is 0 Å². The molecule has 1 aromatic heterocycles. The Morgan fingerprint density at radius 2 is 1.97 bits per heavy atom. The molecule has 152 valence electrons. The topological polar surface area (TPSA) is 70.7 Å². The summed E-state index contributed by atoms with van der Waals surface area (Å²) in [5, 5.41) is 16.4. The minimum Gasteiger partial charge on any atom is -0.344 e. The van der Waals surface area contributed by atoms with Gasteiger partial charge in [-0.15, -0.1) is 0 Å². The average Bonchev–Trinajstić information content (AvgIpc) is 3.19. The molecular weight excluding hydrogens is 393 g/mol. The van der Waals surface area contributed by atoms with E-state index in [-0.39, 0.29) is 11.9 Å². The van der Waals surface area contributed by atoms with E-state index >= 15 is 0 Å². The van der Waals surface area contributed by atoms with Crippen molar-refractivity contribution in [1.82, 2.24) is 15.1 Å². The molecule has 0 fully saturated rings. The highest BCUT2D eigenvalue weighted by molar-refractivity contribution is 5.94. The smallest absolute Gasteiger partial charge is 0.344 e. The second-order valence-corrected chi connectivity index (χ2v) is 7.12. The van der Waals surface area contributed by atoms with E-state index in [4.69, 9.17) is 5.26 Å². The number of fused-ring (bicyclic) bond motifs is 1. The molecule has 1 aliphatic rings. The van der Waals surface area contributed by atoms with Gasteiger partial charge >= 0.3 is 6.18 Å². The molecule has 8 heteroatoms. The highest BCUT2D eigenvalue weighted by atomic mass is 19.4. The largest absolute Gasteiger partial charge is 0.416 e. The first kappa shape index (κ1) is 19.7. The summed E-state index contributed by atoms with van der Waals surface area (Å²) in [6.45, 7) is 0.630. The summed E-state index contributed by atoms with van der Waals surface area (Å²) in [4.78, 5) is 12.6. The van der Waals surface area contributed by atoms with Crippen LogP contribution in [-0.4, -0.2) is 15.7 Å². The van der Waals surface area contributed by atoms with Crippen LogP contribution in [0, 0.1) is 11.3 Å². The van der Waals surface area contributed by atoms with Gasteiger partial charge in [0.15, 0.2) is 0 Å². The zero-order chi connectivity index (χ0) is 21.3. The van der Waals surface area contributed by atoms with Gasteiger partial charge in [-0.25, -0.2) is 0 Å². The van der Waals surface area contributed by atoms with E-state index in [0.29, 0.717) is 35.3 Å². The second-order valence-electron chi connectivity index (χ2n) is 7.12. The van der Waals surface area contributed by atoms with E-state index in [2.05, 4.69) is 10.4 Å². The van der Waals surface area contributed by atoms with Crippen LogP contribution < -0.4 is 5.32 Å². The van der Waals surface area contributed by atoms with Gasteiger partial charge in [-0.2, -0.15) is 23.5 Å². The van der Waals surface area contributed by atoms with E-state index in [1.807, 2.05) is 6.07 Å². The lowest BCUT2D eigenvalue weighted by atomic mass is 10.0. The number of carbonyl (C=O) groups is 1. The van der Waals surface area contributed by atoms with E-state index < -0.39 is 11.7 Å². The number of aryl methyl sites for hydroxylation is 1. The number of hydrogen-bond donors (Lipinski definition) is 1. The van der Waals surface area contributed by atoms with Crippen molar-refractivity contribution < 1.29 is 18.0 Å². The van der Waals surface area contributed by atoms with Crippen LogP contribution >= 0.6 is 0 Å². The number of halogens is 3. The van der Waals surface area contributed by atoms with Gasteiger partial charge in [0.05, 0.1) is 34.6 Å². The Bertz CT molecular complexity index is 1140. The molecular formula is C22H17F3N4O. The lowest BCUT2D eigenvalue weighted by molar-refractivity contribution is -0.137. The quantitative estimate of drug-likeness (QED) is 0.680. The van der Waals surface area contributed by atoms with Crippen LogP contribution in [0.5, 0.6) is 0 Å². The van der Waals surface area contributed by atoms with E-state index in [0.717, 1.165) is 24.2 Å². The lowest BCUT2D eigenvalue weighted by Crippen LogP contribution is -2.32. The Hall–Kier alpha value is -3.60. The predicted octanol–water partition coefficient (Wildman–Crippen LogP) is 4.71. The zero-order valence-corrected chi connectivity index (χ0v) is 15.8. The number of nitrogens with zero attached hydrogens (tertiary/aromatic N) is 3. The Balaban J connectivity index is 1.60. The minimum atomic E-state index is -4.43. The molecule has 0 bridgehead atoms. The molecule has 2 aromatic carbocycles. The van der Waals surface area contributed by atoms with Gasteiger partial charge in [0, 0.05) is 17.7 Å². The summed E-state index contributed by atoms with van der Waals surface area (Å²) in [5.74, 6) is -0.313. The fourth-order valence-corrected chi connectivity index (χ4v) is 3.60. The molecule has 30 heavy (non-hydrogen) atoms. The first-order chi connectivity index (χ1) is 14.3. The second kappa shape index (κ2) is 7.67. The maximum absolute atomic E-state index is 13.0. The van der Waals surface area contributed by atoms with Crippen LogP contribution in [0.2, 0.25) is 0 Å². The molecule has 1 aliphatic heterocycles. The fraction of sp³-hybridized carbons (Fsp3) is 0.227. The van der Waals surface area contributed by atoms with Gasteiger partial charge < -0.3 is 5.32 Å². The maximum Gasteiger partial charge on any atom is 0.416 e. The molecule has 1 N–H and O–H groups in total. The number of amides is 1. The Labute approximate surface area is 170 Å². The fourth-order valence-electron chi connectivity index (χ4n) is 3.60. The van der Waals surface area contributed by atoms with Gasteiger partial charge in [0.1, 0.15) is 0 Å². The van der Waals surface area contributed by atoms with Crippen LogP contribution in [0.3, 0.4) is 0 Å². The monoisotopic (exact) mass is 410 g/mol. The molecule has 0 spiro atoms. The molecule has 5 nitrogen and oxygen atoms in total. The summed E-state index contributed by atoms with van der Waals surface area (Å²) in [7, 11) is 0. The van der Waals surface area contributed by atoms with Gasteiger partial charge in [-0.1, -0.05) is 18.2 Å². The third-order valence-electron chi connectivity index (χ3n) is 5.08. The van der Waals surface area contributed by atoms with E-state index in [1.165, 1.54) is 12.1 Å². The SMILES string of the molecule is N#Cc1cccc(C(=O)N[C@H]2CCCn3nc(-c4cccc(C(F)(F)F)c4)cc32)c1. The van der Waals surface area contributed by atoms with Gasteiger partial charge in [-0.3, -0.25) is 9.48 Å². The number of alkyl halides is 3. The highest BCUT2D eigenvalue weighted by Gasteiger charge is 2.31. The molecule has 2 heterocycles. The van der Waals surface area contributed by atoms with Crippen LogP contribution in [0.15, 0.2) is 54.6 Å². The lowest BCUT2D eigenvalue weighted by Gasteiger charge is -2.24. The third-order valence-corrected chi connectivity index (χ3v) is 5.08. The van der Waals surface area contributed by atoms with Crippen molar-refractivity contribution in [2.24, 2.45) is 0 Å². The van der Waals surface area contributed by atoms with Crippen molar-refractivity contribution in [3.8, 4) is 17.3 Å². The zero-order valence-electron chi connectivity index (χ0n) is 15.8. The summed E-state index contributed by atoms with van der Waals surface area (Å²) >= 11 is 0. The number of hydrogen-bond acceptors (Lipinski definition) is 3. The molecule has 1 amide bonds. The summed E-state index contributed by atoms with van der Waals surface area (Å²) in [6, 6.07) is 14.9. The van der Waals surface area contributed by atoms with Gasteiger partial charge in [0.25, 0.3) is 5.91 Å². The molecule has 4 rings (SSSR count). The minimum absolute atomic E-state index is 0.313. The summed E-state index contributed by atoms with van der Waals surface area (Å²) < 4.78 is 40.8. The molecule has 0 aliphatic carbocycles. The van der Waals surface area contributed by atoms with Crippen LogP contribution in [-0.2, 0) is 12.7 Å². The summed E-state index contributed by atoms with van der Waals surface area (Å²) in [5.41, 5.74) is 1.60. The van der Waals surface area contributed by atoms with E-state index in [9.17, 15) is 18.0 Å². The Morgan fingerprint density at radius 1 is 1.17 bits per heavy atom. The third kappa shape index (κ3) is 3.92. The number of aromatic nitrogens is 2. The van der Waals surface area contributed by atoms with Gasteiger partial charge in [0.2, 0.25) is 0 Å².